The van der Waals surface area contributed by atoms with Crippen LogP contribution in [-0.2, 0) is 5.41 Å². The van der Waals surface area contributed by atoms with Gasteiger partial charge in [-0.1, -0.05) is 62.7 Å². The fourth-order valence-corrected chi connectivity index (χ4v) is 3.90. The summed E-state index contributed by atoms with van der Waals surface area (Å²) in [5.74, 6) is 0.617. The van der Waals surface area contributed by atoms with Crippen LogP contribution in [0.4, 0.5) is 0 Å². The average Bonchev–Trinajstić information content (AvgIpc) is 2.68. The highest BCUT2D eigenvalue weighted by Crippen LogP contribution is 2.58. The third kappa shape index (κ3) is 1.35. The Kier molecular flexibility index (Phi) is 2.21. The molecule has 96 valence electrons. The quantitative estimate of drug-likeness (QED) is 0.645. The Morgan fingerprint density at radius 3 is 2.32 bits per heavy atom. The van der Waals surface area contributed by atoms with E-state index in [-0.39, 0.29) is 0 Å². The monoisotopic (exact) mass is 248 g/mol. The molecule has 0 bridgehead atoms. The molecule has 0 amide bonds. The minimum atomic E-state index is 0.358. The molecule has 0 radical (unpaired) electrons. The van der Waals surface area contributed by atoms with E-state index in [0.29, 0.717) is 11.3 Å². The zero-order valence-electron chi connectivity index (χ0n) is 11.7. The normalized spacial score (nSPS) is 18.3. The van der Waals surface area contributed by atoms with Crippen LogP contribution in [0.1, 0.15) is 55.7 Å². The molecule has 0 atom stereocenters. The Balaban J connectivity index is 1.99. The molecule has 2 aliphatic rings. The molecule has 0 saturated heterocycles. The molecular formula is C19H20. The second-order valence-electron chi connectivity index (χ2n) is 6.44. The van der Waals surface area contributed by atoms with Gasteiger partial charge in [-0.25, -0.2) is 0 Å². The van der Waals surface area contributed by atoms with Gasteiger partial charge in [0.25, 0.3) is 0 Å². The van der Waals surface area contributed by atoms with Gasteiger partial charge in [0, 0.05) is 5.41 Å². The summed E-state index contributed by atoms with van der Waals surface area (Å²) in [6.07, 6.45) is 4.04. The van der Waals surface area contributed by atoms with Crippen LogP contribution in [0.2, 0.25) is 0 Å². The fraction of sp³-hybridized carbons (Fsp3) is 0.368. The summed E-state index contributed by atoms with van der Waals surface area (Å²) < 4.78 is 0. The maximum absolute atomic E-state index is 2.49. The Morgan fingerprint density at radius 1 is 0.895 bits per heavy atom. The van der Waals surface area contributed by atoms with E-state index in [0.717, 1.165) is 0 Å². The third-order valence-corrected chi connectivity index (χ3v) is 5.17. The van der Waals surface area contributed by atoms with E-state index in [9.17, 15) is 0 Å². The van der Waals surface area contributed by atoms with E-state index >= 15 is 0 Å². The summed E-state index contributed by atoms with van der Waals surface area (Å²) in [5.41, 5.74) is 7.99. The molecule has 0 aliphatic heterocycles. The number of benzene rings is 2. The molecule has 2 aromatic rings. The first kappa shape index (κ1) is 11.3. The first-order chi connectivity index (χ1) is 9.22. The minimum absolute atomic E-state index is 0.358. The maximum Gasteiger partial charge on any atom is 0.0215 e. The summed E-state index contributed by atoms with van der Waals surface area (Å²) in [5, 5.41) is 0. The third-order valence-electron chi connectivity index (χ3n) is 5.17. The van der Waals surface area contributed by atoms with Gasteiger partial charge in [-0.3, -0.25) is 0 Å². The summed E-state index contributed by atoms with van der Waals surface area (Å²) in [6.45, 7) is 4.58. The number of hydrogen-bond donors (Lipinski definition) is 0. The zero-order chi connectivity index (χ0) is 13.0. The second kappa shape index (κ2) is 3.72. The predicted molar refractivity (Wildman–Crippen MR) is 80.6 cm³/mol. The molecule has 19 heavy (non-hydrogen) atoms. The van der Waals surface area contributed by atoms with Gasteiger partial charge in [0.15, 0.2) is 0 Å². The van der Waals surface area contributed by atoms with Crippen LogP contribution in [-0.4, -0.2) is 0 Å². The molecule has 1 spiro atoms. The van der Waals surface area contributed by atoms with Crippen LogP contribution in [0, 0.1) is 0 Å². The number of hydrogen-bond acceptors (Lipinski definition) is 0. The van der Waals surface area contributed by atoms with E-state index < -0.39 is 0 Å². The highest BCUT2D eigenvalue weighted by Gasteiger charge is 2.47. The molecule has 0 aromatic heterocycles. The van der Waals surface area contributed by atoms with Gasteiger partial charge in [-0.05, 0) is 46.6 Å². The summed E-state index contributed by atoms with van der Waals surface area (Å²) in [7, 11) is 0. The zero-order valence-corrected chi connectivity index (χ0v) is 11.7. The van der Waals surface area contributed by atoms with Crippen LogP contribution in [0.3, 0.4) is 0 Å². The number of rotatable bonds is 1. The summed E-state index contributed by atoms with van der Waals surface area (Å²) in [6, 6.07) is 16.2. The minimum Gasteiger partial charge on any atom is -0.0619 e. The van der Waals surface area contributed by atoms with Crippen molar-refractivity contribution in [3.63, 3.8) is 0 Å². The van der Waals surface area contributed by atoms with Crippen molar-refractivity contribution >= 4 is 0 Å². The lowest BCUT2D eigenvalue weighted by Crippen LogP contribution is -2.33. The molecule has 0 unspecified atom stereocenters. The van der Waals surface area contributed by atoms with Crippen molar-refractivity contribution in [2.45, 2.75) is 44.4 Å². The van der Waals surface area contributed by atoms with Crippen molar-refractivity contribution in [3.8, 4) is 11.1 Å². The lowest BCUT2D eigenvalue weighted by molar-refractivity contribution is 0.308. The molecule has 0 N–H and O–H groups in total. The summed E-state index contributed by atoms with van der Waals surface area (Å²) >= 11 is 0. The summed E-state index contributed by atoms with van der Waals surface area (Å²) in [4.78, 5) is 0. The van der Waals surface area contributed by atoms with Gasteiger partial charge in [-0.15, -0.1) is 0 Å². The topological polar surface area (TPSA) is 0 Å². The van der Waals surface area contributed by atoms with Gasteiger partial charge in [0.1, 0.15) is 0 Å². The smallest absolute Gasteiger partial charge is 0.0215 e. The van der Waals surface area contributed by atoms with Gasteiger partial charge in [0.2, 0.25) is 0 Å². The van der Waals surface area contributed by atoms with Gasteiger partial charge in [0.05, 0.1) is 0 Å². The van der Waals surface area contributed by atoms with Gasteiger partial charge < -0.3 is 0 Å². The van der Waals surface area contributed by atoms with Crippen LogP contribution in [0.5, 0.6) is 0 Å². The lowest BCUT2D eigenvalue weighted by Gasteiger charge is -2.40. The van der Waals surface area contributed by atoms with Gasteiger partial charge in [-0.2, -0.15) is 0 Å². The molecular weight excluding hydrogens is 228 g/mol. The number of fused-ring (bicyclic) bond motifs is 5. The fourth-order valence-electron chi connectivity index (χ4n) is 3.90. The molecule has 2 aromatic carbocycles. The maximum atomic E-state index is 2.49. The van der Waals surface area contributed by atoms with Crippen molar-refractivity contribution < 1.29 is 0 Å². The van der Waals surface area contributed by atoms with E-state index in [4.69, 9.17) is 0 Å². The molecule has 0 heterocycles. The van der Waals surface area contributed by atoms with Crippen LogP contribution >= 0.6 is 0 Å². The van der Waals surface area contributed by atoms with Crippen molar-refractivity contribution in [1.29, 1.82) is 0 Å². The Labute approximate surface area is 115 Å². The van der Waals surface area contributed by atoms with Crippen LogP contribution in [0.15, 0.2) is 42.5 Å². The van der Waals surface area contributed by atoms with E-state index in [1.54, 1.807) is 11.1 Å². The first-order valence-corrected chi connectivity index (χ1v) is 7.47. The molecule has 1 saturated carbocycles. The Morgan fingerprint density at radius 2 is 1.63 bits per heavy atom. The lowest BCUT2D eigenvalue weighted by atomic mass is 9.62. The van der Waals surface area contributed by atoms with Gasteiger partial charge >= 0.3 is 0 Å². The molecule has 0 heteroatoms. The van der Waals surface area contributed by atoms with Crippen molar-refractivity contribution in [2.75, 3.05) is 0 Å². The van der Waals surface area contributed by atoms with E-state index in [2.05, 4.69) is 56.3 Å². The molecule has 0 nitrogen and oxygen atoms in total. The van der Waals surface area contributed by atoms with E-state index in [1.165, 1.54) is 36.0 Å². The molecule has 1 fully saturated rings. The van der Waals surface area contributed by atoms with E-state index in [1.807, 2.05) is 0 Å². The molecule has 4 rings (SSSR count). The average molecular weight is 248 g/mol. The standard InChI is InChI=1S/C19H20/c1-13(2)14-8-9-16-15-6-3-4-7-17(15)19(10-5-11-19)18(16)12-14/h3-4,6-9,12-13H,5,10-11H2,1-2H3. The largest absolute Gasteiger partial charge is 0.0619 e. The highest BCUT2D eigenvalue weighted by molar-refractivity contribution is 5.81. The SMILES string of the molecule is CC(C)c1ccc2c(c1)C1(CCC1)c1ccccc1-2. The second-order valence-corrected chi connectivity index (χ2v) is 6.44. The van der Waals surface area contributed by atoms with Crippen LogP contribution in [0.25, 0.3) is 11.1 Å². The molecule has 2 aliphatic carbocycles. The van der Waals surface area contributed by atoms with Crippen molar-refractivity contribution in [3.05, 3.63) is 59.2 Å². The Hall–Kier alpha value is -1.56. The highest BCUT2D eigenvalue weighted by atomic mass is 14.5. The van der Waals surface area contributed by atoms with Crippen molar-refractivity contribution in [1.82, 2.24) is 0 Å². The van der Waals surface area contributed by atoms with Crippen molar-refractivity contribution in [2.24, 2.45) is 0 Å². The predicted octanol–water partition coefficient (Wildman–Crippen LogP) is 5.26. The van der Waals surface area contributed by atoms with Crippen LogP contribution < -0.4 is 0 Å². The first-order valence-electron chi connectivity index (χ1n) is 7.47. The Bertz CT molecular complexity index is 645.